The van der Waals surface area contributed by atoms with Crippen molar-refractivity contribution in [3.05, 3.63) is 76.6 Å². The van der Waals surface area contributed by atoms with Gasteiger partial charge >= 0.3 is 12.5 Å². The van der Waals surface area contributed by atoms with Crippen LogP contribution in [0.1, 0.15) is 50.2 Å². The van der Waals surface area contributed by atoms with Crippen molar-refractivity contribution in [3.63, 3.8) is 0 Å². The van der Waals surface area contributed by atoms with E-state index in [0.717, 1.165) is 32.1 Å². The molecular weight excluding hydrogens is 610 g/mol. The second-order valence-corrected chi connectivity index (χ2v) is 11.1. The summed E-state index contributed by atoms with van der Waals surface area (Å²) in [6.45, 7) is 2.55. The van der Waals surface area contributed by atoms with Gasteiger partial charge in [0.05, 0.1) is 6.61 Å². The molecule has 3 nitrogen and oxygen atoms in total. The minimum atomic E-state index is -5.50. The van der Waals surface area contributed by atoms with E-state index in [4.69, 9.17) is 4.74 Å². The first-order chi connectivity index (χ1) is 20.6. The van der Waals surface area contributed by atoms with Crippen LogP contribution in [0.2, 0.25) is 0 Å². The highest BCUT2D eigenvalue weighted by atomic mass is 19.4. The minimum Gasteiger partial charge on any atom is -0.493 e. The number of ether oxygens (including phenoxy) is 3. The van der Waals surface area contributed by atoms with Crippen LogP contribution in [0.15, 0.2) is 36.4 Å². The largest absolute Gasteiger partial charge is 0.573 e. The number of fused-ring (bicyclic) bond motifs is 1. The Morgan fingerprint density at radius 2 is 1.34 bits per heavy atom. The Kier molecular flexibility index (Phi) is 8.69. The molecule has 2 aliphatic rings. The third-order valence-corrected chi connectivity index (χ3v) is 8.30. The summed E-state index contributed by atoms with van der Waals surface area (Å²) in [5.74, 6) is -10.4. The molecule has 0 unspecified atom stereocenters. The maximum Gasteiger partial charge on any atom is 0.573 e. The molecule has 0 amide bonds. The smallest absolute Gasteiger partial charge is 0.493 e. The number of benzene rings is 3. The molecule has 13 heteroatoms. The van der Waals surface area contributed by atoms with Crippen LogP contribution in [0, 0.1) is 46.8 Å². The Labute approximate surface area is 245 Å². The number of alkyl halides is 5. The molecule has 0 radical (unpaired) electrons. The second kappa shape index (κ2) is 12.0. The fraction of sp³-hybridized carbons (Fsp3) is 0.419. The van der Waals surface area contributed by atoms with Crippen LogP contribution in [-0.4, -0.2) is 13.0 Å². The summed E-state index contributed by atoms with van der Waals surface area (Å²) in [4.78, 5) is 0. The molecule has 44 heavy (non-hydrogen) atoms. The van der Waals surface area contributed by atoms with Gasteiger partial charge in [0.15, 0.2) is 11.6 Å². The van der Waals surface area contributed by atoms with Gasteiger partial charge in [-0.3, -0.25) is 0 Å². The fourth-order valence-electron chi connectivity index (χ4n) is 6.03. The molecule has 1 aliphatic carbocycles. The summed E-state index contributed by atoms with van der Waals surface area (Å²) in [5, 5.41) is 0. The van der Waals surface area contributed by atoms with Gasteiger partial charge in [-0.25, -0.2) is 22.0 Å². The Morgan fingerprint density at radius 3 is 1.91 bits per heavy atom. The third-order valence-electron chi connectivity index (χ3n) is 8.30. The average Bonchev–Trinajstić information content (AvgIpc) is 2.93. The standard InChI is InChI=1S/C31H26F10O3/c1-2-15-3-5-16(6-4-15)19-7-18-10-22(32)21(13-27(18)42-14-19)17-8-23(33)28(24(34)9-17)30(37,38)43-20-11-25(35)29(26(36)12-20)44-31(39,40)41/h8-13,15-16,19H,2-7,14H2,1H3/t15?,16?,19-/m0/s1. The molecule has 0 spiro atoms. The van der Waals surface area contributed by atoms with Crippen LogP contribution in [0.5, 0.6) is 17.2 Å². The lowest BCUT2D eigenvalue weighted by atomic mass is 9.73. The molecule has 1 atom stereocenters. The number of hydrogen-bond acceptors (Lipinski definition) is 3. The lowest BCUT2D eigenvalue weighted by molar-refractivity contribution is -0.276. The fourth-order valence-corrected chi connectivity index (χ4v) is 6.03. The summed E-state index contributed by atoms with van der Waals surface area (Å²) >= 11 is 0. The van der Waals surface area contributed by atoms with E-state index >= 15 is 4.39 Å². The van der Waals surface area contributed by atoms with Crippen LogP contribution in [0.3, 0.4) is 0 Å². The number of rotatable bonds is 7. The zero-order valence-corrected chi connectivity index (χ0v) is 23.2. The van der Waals surface area contributed by atoms with Gasteiger partial charge in [0.2, 0.25) is 5.75 Å². The lowest BCUT2D eigenvalue weighted by Crippen LogP contribution is -2.30. The van der Waals surface area contributed by atoms with E-state index in [1.54, 1.807) is 0 Å². The summed E-state index contributed by atoms with van der Waals surface area (Å²) in [7, 11) is 0. The maximum atomic E-state index is 15.2. The summed E-state index contributed by atoms with van der Waals surface area (Å²) in [6.07, 6.45) is -4.33. The monoisotopic (exact) mass is 636 g/mol. The van der Waals surface area contributed by atoms with Crippen LogP contribution in [0.25, 0.3) is 11.1 Å². The predicted octanol–water partition coefficient (Wildman–Crippen LogP) is 9.84. The topological polar surface area (TPSA) is 27.7 Å². The molecule has 0 saturated heterocycles. The van der Waals surface area contributed by atoms with E-state index in [0.29, 0.717) is 48.3 Å². The molecule has 1 heterocycles. The van der Waals surface area contributed by atoms with Gasteiger partial charge in [-0.1, -0.05) is 26.2 Å². The zero-order valence-electron chi connectivity index (χ0n) is 23.2. The average molecular weight is 637 g/mol. The van der Waals surface area contributed by atoms with Crippen molar-refractivity contribution in [1.29, 1.82) is 0 Å². The van der Waals surface area contributed by atoms with Gasteiger partial charge in [0.1, 0.15) is 34.5 Å². The van der Waals surface area contributed by atoms with E-state index < -0.39 is 64.2 Å². The van der Waals surface area contributed by atoms with Crippen molar-refractivity contribution < 1.29 is 58.1 Å². The molecule has 238 valence electrons. The normalized spacial score (nSPS) is 20.6. The van der Waals surface area contributed by atoms with Crippen molar-refractivity contribution in [2.75, 3.05) is 6.61 Å². The quantitative estimate of drug-likeness (QED) is 0.242. The molecule has 3 aromatic carbocycles. The number of halogens is 10. The molecule has 3 aromatic rings. The van der Waals surface area contributed by atoms with Crippen LogP contribution >= 0.6 is 0 Å². The molecule has 1 aliphatic heterocycles. The van der Waals surface area contributed by atoms with Crippen molar-refractivity contribution in [1.82, 2.24) is 0 Å². The molecule has 0 bridgehead atoms. The highest BCUT2D eigenvalue weighted by Gasteiger charge is 2.42. The Morgan fingerprint density at radius 1 is 0.727 bits per heavy atom. The zero-order chi connectivity index (χ0) is 32.0. The SMILES string of the molecule is CCC1CCC([C@@H]2COc3cc(-c4cc(F)c(C(F)(F)Oc5cc(F)c(OC(F)(F)F)c(F)c5)c(F)c4)c(F)cc3C2)CC1. The van der Waals surface area contributed by atoms with Crippen molar-refractivity contribution >= 4 is 0 Å². The van der Waals surface area contributed by atoms with Gasteiger partial charge in [-0.2, -0.15) is 8.78 Å². The lowest BCUT2D eigenvalue weighted by Gasteiger charge is -2.36. The van der Waals surface area contributed by atoms with Crippen molar-refractivity contribution in [2.24, 2.45) is 17.8 Å². The van der Waals surface area contributed by atoms with Crippen LogP contribution in [0.4, 0.5) is 43.9 Å². The van der Waals surface area contributed by atoms with Crippen molar-refractivity contribution in [3.8, 4) is 28.4 Å². The van der Waals surface area contributed by atoms with Gasteiger partial charge in [-0.15, -0.1) is 13.2 Å². The summed E-state index contributed by atoms with van der Waals surface area (Å²) in [5.41, 5.74) is -2.14. The highest BCUT2D eigenvalue weighted by Crippen LogP contribution is 2.43. The highest BCUT2D eigenvalue weighted by molar-refractivity contribution is 5.68. The van der Waals surface area contributed by atoms with E-state index in [1.165, 1.54) is 12.1 Å². The van der Waals surface area contributed by atoms with Crippen molar-refractivity contribution in [2.45, 2.75) is 57.9 Å². The number of hydrogen-bond donors (Lipinski definition) is 0. The maximum absolute atomic E-state index is 15.2. The molecular formula is C31H26F10O3. The van der Waals surface area contributed by atoms with Crippen LogP contribution in [-0.2, 0) is 12.5 Å². The Balaban J connectivity index is 1.36. The molecule has 1 fully saturated rings. The van der Waals surface area contributed by atoms with Gasteiger partial charge in [0.25, 0.3) is 0 Å². The van der Waals surface area contributed by atoms with Gasteiger partial charge < -0.3 is 14.2 Å². The van der Waals surface area contributed by atoms with Crippen LogP contribution < -0.4 is 14.2 Å². The minimum absolute atomic E-state index is 0.0779. The van der Waals surface area contributed by atoms with Gasteiger partial charge in [-0.05, 0) is 72.4 Å². The second-order valence-electron chi connectivity index (χ2n) is 11.1. The molecule has 1 saturated carbocycles. The first-order valence-electron chi connectivity index (χ1n) is 13.9. The van der Waals surface area contributed by atoms with E-state index in [9.17, 15) is 39.5 Å². The van der Waals surface area contributed by atoms with Gasteiger partial charge in [0, 0.05) is 17.7 Å². The molecule has 0 aromatic heterocycles. The third kappa shape index (κ3) is 6.71. The van der Waals surface area contributed by atoms with E-state index in [1.807, 2.05) is 0 Å². The summed E-state index contributed by atoms with van der Waals surface area (Å²) < 4.78 is 153. The predicted molar refractivity (Wildman–Crippen MR) is 138 cm³/mol. The first kappa shape index (κ1) is 31.8. The molecule has 0 N–H and O–H groups in total. The first-order valence-corrected chi connectivity index (χ1v) is 13.9. The Hall–Kier alpha value is -3.64. The Bertz CT molecular complexity index is 1480. The molecule has 5 rings (SSSR count). The van der Waals surface area contributed by atoms with E-state index in [-0.39, 0.29) is 23.6 Å². The summed E-state index contributed by atoms with van der Waals surface area (Å²) in [6, 6.07) is 3.15. The van der Waals surface area contributed by atoms with E-state index in [2.05, 4.69) is 16.4 Å².